The highest BCUT2D eigenvalue weighted by atomic mass is 35.5. The Labute approximate surface area is 119 Å². The molecule has 3 N–H and O–H groups in total. The number of morpholine rings is 1. The van der Waals surface area contributed by atoms with Crippen molar-refractivity contribution in [3.63, 3.8) is 0 Å². The lowest BCUT2D eigenvalue weighted by Crippen LogP contribution is -2.44. The van der Waals surface area contributed by atoms with Gasteiger partial charge >= 0.3 is 0 Å². The largest absolute Gasteiger partial charge is 0.394 e. The van der Waals surface area contributed by atoms with Gasteiger partial charge in [-0.05, 0) is 18.1 Å². The van der Waals surface area contributed by atoms with Crippen molar-refractivity contribution in [2.45, 2.75) is 18.6 Å². The van der Waals surface area contributed by atoms with Crippen molar-refractivity contribution < 1.29 is 9.84 Å². The number of halogens is 1. The van der Waals surface area contributed by atoms with Gasteiger partial charge in [-0.2, -0.15) is 0 Å². The summed E-state index contributed by atoms with van der Waals surface area (Å²) < 4.78 is 5.42. The van der Waals surface area contributed by atoms with Crippen molar-refractivity contribution in [3.05, 3.63) is 34.9 Å². The summed E-state index contributed by atoms with van der Waals surface area (Å²) in [6.45, 7) is 3.31. The Bertz CT molecular complexity index is 403. The number of rotatable bonds is 5. The van der Waals surface area contributed by atoms with E-state index in [0.717, 1.165) is 36.6 Å². The van der Waals surface area contributed by atoms with Crippen LogP contribution < -0.4 is 5.73 Å². The zero-order chi connectivity index (χ0) is 13.7. The summed E-state index contributed by atoms with van der Waals surface area (Å²) in [5.74, 6) is 0. The van der Waals surface area contributed by atoms with E-state index < -0.39 is 0 Å². The molecular weight excluding hydrogens is 264 g/mol. The number of nitrogens with zero attached hydrogens (tertiary/aromatic N) is 1. The van der Waals surface area contributed by atoms with Gasteiger partial charge in [0, 0.05) is 30.7 Å². The van der Waals surface area contributed by atoms with Crippen molar-refractivity contribution in [2.75, 3.05) is 32.8 Å². The van der Waals surface area contributed by atoms with E-state index >= 15 is 0 Å². The second-order valence-electron chi connectivity index (χ2n) is 4.89. The molecule has 1 aliphatic heterocycles. The summed E-state index contributed by atoms with van der Waals surface area (Å²) in [7, 11) is 0. The molecule has 1 fully saturated rings. The number of aliphatic hydroxyl groups excluding tert-OH is 1. The molecule has 2 rings (SSSR count). The quantitative estimate of drug-likeness (QED) is 0.859. The van der Waals surface area contributed by atoms with Crippen LogP contribution in [0.15, 0.2) is 24.3 Å². The minimum absolute atomic E-state index is 0.0517. The van der Waals surface area contributed by atoms with Crippen LogP contribution in [0.2, 0.25) is 5.02 Å². The topological polar surface area (TPSA) is 58.7 Å². The molecule has 1 saturated heterocycles. The van der Waals surface area contributed by atoms with Gasteiger partial charge in [-0.15, -0.1) is 0 Å². The molecule has 0 radical (unpaired) electrons. The van der Waals surface area contributed by atoms with Crippen LogP contribution in [0.4, 0.5) is 0 Å². The molecule has 106 valence electrons. The van der Waals surface area contributed by atoms with Crippen LogP contribution in [0.3, 0.4) is 0 Å². The molecule has 1 aromatic rings. The van der Waals surface area contributed by atoms with E-state index in [2.05, 4.69) is 4.90 Å². The fourth-order valence-electron chi connectivity index (χ4n) is 2.35. The number of ether oxygens (including phenoxy) is 1. The van der Waals surface area contributed by atoms with Crippen molar-refractivity contribution in [3.8, 4) is 0 Å². The first kappa shape index (κ1) is 14.8. The van der Waals surface area contributed by atoms with Gasteiger partial charge in [0.25, 0.3) is 0 Å². The number of hydrogen-bond donors (Lipinski definition) is 2. The Morgan fingerprint density at radius 3 is 3.00 bits per heavy atom. The van der Waals surface area contributed by atoms with E-state index in [4.69, 9.17) is 27.2 Å². The van der Waals surface area contributed by atoms with E-state index in [1.54, 1.807) is 0 Å². The molecular formula is C14H21ClN2O2. The van der Waals surface area contributed by atoms with Crippen LogP contribution in [-0.2, 0) is 4.74 Å². The second kappa shape index (κ2) is 7.22. The number of aliphatic hydroxyl groups is 1. The second-order valence-corrected chi connectivity index (χ2v) is 5.30. The van der Waals surface area contributed by atoms with E-state index in [0.29, 0.717) is 6.61 Å². The molecule has 2 unspecified atom stereocenters. The number of benzene rings is 1. The third-order valence-corrected chi connectivity index (χ3v) is 3.83. The lowest BCUT2D eigenvalue weighted by atomic mass is 10.0. The molecule has 4 nitrogen and oxygen atoms in total. The van der Waals surface area contributed by atoms with Gasteiger partial charge in [-0.3, -0.25) is 4.90 Å². The lowest BCUT2D eigenvalue weighted by Gasteiger charge is -2.32. The predicted octanol–water partition coefficient (Wildman–Crippen LogP) is 1.42. The molecule has 0 saturated carbocycles. The third kappa shape index (κ3) is 4.16. The molecule has 1 aromatic carbocycles. The fourth-order valence-corrected chi connectivity index (χ4v) is 2.62. The minimum atomic E-state index is -0.0645. The SMILES string of the molecule is NC(CCN1CCOC(CO)C1)c1ccccc1Cl. The normalized spacial score (nSPS) is 22.4. The molecule has 0 aliphatic carbocycles. The zero-order valence-electron chi connectivity index (χ0n) is 11.0. The summed E-state index contributed by atoms with van der Waals surface area (Å²) in [4.78, 5) is 2.28. The predicted molar refractivity (Wildman–Crippen MR) is 76.3 cm³/mol. The van der Waals surface area contributed by atoms with Gasteiger partial charge in [0.2, 0.25) is 0 Å². The number of nitrogens with two attached hydrogens (primary N) is 1. The third-order valence-electron chi connectivity index (χ3n) is 3.49. The maximum Gasteiger partial charge on any atom is 0.0932 e. The molecule has 19 heavy (non-hydrogen) atoms. The first-order chi connectivity index (χ1) is 9.20. The number of hydrogen-bond acceptors (Lipinski definition) is 4. The Morgan fingerprint density at radius 2 is 2.26 bits per heavy atom. The molecule has 0 aromatic heterocycles. The van der Waals surface area contributed by atoms with Gasteiger partial charge < -0.3 is 15.6 Å². The van der Waals surface area contributed by atoms with Crippen molar-refractivity contribution in [1.82, 2.24) is 4.90 Å². The smallest absolute Gasteiger partial charge is 0.0932 e. The summed E-state index contributed by atoms with van der Waals surface area (Å²) in [6.07, 6.45) is 0.785. The molecule has 0 bridgehead atoms. The van der Waals surface area contributed by atoms with Crippen LogP contribution in [0.1, 0.15) is 18.0 Å². The van der Waals surface area contributed by atoms with Crippen molar-refractivity contribution in [2.24, 2.45) is 5.73 Å². The summed E-state index contributed by atoms with van der Waals surface area (Å²) in [5.41, 5.74) is 7.18. The molecule has 2 atom stereocenters. The van der Waals surface area contributed by atoms with Gasteiger partial charge in [0.1, 0.15) is 0 Å². The molecule has 0 amide bonds. The highest BCUT2D eigenvalue weighted by Crippen LogP contribution is 2.23. The summed E-state index contributed by atoms with van der Waals surface area (Å²) in [5, 5.41) is 9.83. The fraction of sp³-hybridized carbons (Fsp3) is 0.571. The van der Waals surface area contributed by atoms with E-state index in [-0.39, 0.29) is 18.8 Å². The maximum absolute atomic E-state index is 9.11. The van der Waals surface area contributed by atoms with Gasteiger partial charge in [-0.25, -0.2) is 0 Å². The van der Waals surface area contributed by atoms with Crippen LogP contribution in [0.25, 0.3) is 0 Å². The molecule has 5 heteroatoms. The standard InChI is InChI=1S/C14H21ClN2O2/c15-13-4-2-1-3-12(13)14(16)5-6-17-7-8-19-11(9-17)10-18/h1-4,11,14,18H,5-10,16H2. The first-order valence-corrected chi connectivity index (χ1v) is 7.03. The monoisotopic (exact) mass is 284 g/mol. The van der Waals surface area contributed by atoms with Crippen molar-refractivity contribution in [1.29, 1.82) is 0 Å². The highest BCUT2D eigenvalue weighted by Gasteiger charge is 2.20. The average molecular weight is 285 g/mol. The molecule has 1 heterocycles. The van der Waals surface area contributed by atoms with Crippen molar-refractivity contribution >= 4 is 11.6 Å². The van der Waals surface area contributed by atoms with Gasteiger partial charge in [0.05, 0.1) is 19.3 Å². The Morgan fingerprint density at radius 1 is 1.47 bits per heavy atom. The Balaban J connectivity index is 1.83. The van der Waals surface area contributed by atoms with Crippen LogP contribution in [0, 0.1) is 0 Å². The summed E-state index contributed by atoms with van der Waals surface area (Å²) in [6, 6.07) is 7.66. The first-order valence-electron chi connectivity index (χ1n) is 6.65. The van der Waals surface area contributed by atoms with Gasteiger partial charge in [-0.1, -0.05) is 29.8 Å². The minimum Gasteiger partial charge on any atom is -0.394 e. The summed E-state index contributed by atoms with van der Waals surface area (Å²) >= 11 is 6.14. The van der Waals surface area contributed by atoms with E-state index in [1.807, 2.05) is 24.3 Å². The Kier molecular flexibility index (Phi) is 5.60. The lowest BCUT2D eigenvalue weighted by molar-refractivity contribution is -0.0531. The highest BCUT2D eigenvalue weighted by molar-refractivity contribution is 6.31. The molecule has 1 aliphatic rings. The van der Waals surface area contributed by atoms with Crippen LogP contribution in [0.5, 0.6) is 0 Å². The van der Waals surface area contributed by atoms with Crippen LogP contribution >= 0.6 is 11.6 Å². The van der Waals surface area contributed by atoms with Crippen LogP contribution in [-0.4, -0.2) is 49.0 Å². The van der Waals surface area contributed by atoms with E-state index in [9.17, 15) is 0 Å². The zero-order valence-corrected chi connectivity index (χ0v) is 11.7. The maximum atomic E-state index is 9.11. The average Bonchev–Trinajstić information content (AvgIpc) is 2.45. The van der Waals surface area contributed by atoms with Gasteiger partial charge in [0.15, 0.2) is 0 Å². The molecule has 0 spiro atoms. The Hall–Kier alpha value is -0.650. The van der Waals surface area contributed by atoms with E-state index in [1.165, 1.54) is 0 Å².